The van der Waals surface area contributed by atoms with Crippen molar-refractivity contribution in [2.75, 3.05) is 6.54 Å². The van der Waals surface area contributed by atoms with Gasteiger partial charge in [-0.2, -0.15) is 0 Å². The van der Waals surface area contributed by atoms with Gasteiger partial charge in [0.15, 0.2) is 0 Å². The molecule has 1 heterocycles. The molecule has 0 spiro atoms. The average Bonchev–Trinajstić information content (AvgIpc) is 3.34. The van der Waals surface area contributed by atoms with Crippen molar-refractivity contribution in [2.45, 2.75) is 75.0 Å². The van der Waals surface area contributed by atoms with Crippen LogP contribution in [0.4, 0.5) is 0 Å². The van der Waals surface area contributed by atoms with E-state index in [9.17, 15) is 18.3 Å². The minimum Gasteiger partial charge on any atom is -0.393 e. The van der Waals surface area contributed by atoms with E-state index in [4.69, 9.17) is 0 Å². The number of aliphatic hydroxyl groups excluding tert-OH is 1. The highest BCUT2D eigenvalue weighted by Crippen LogP contribution is 2.37. The van der Waals surface area contributed by atoms with Crippen LogP contribution in [0.3, 0.4) is 0 Å². The Morgan fingerprint density at radius 3 is 2.71 bits per heavy atom. The fourth-order valence-corrected chi connectivity index (χ4v) is 6.11. The van der Waals surface area contributed by atoms with Gasteiger partial charge in [-0.3, -0.25) is 4.79 Å². The van der Waals surface area contributed by atoms with Gasteiger partial charge in [0.05, 0.1) is 11.0 Å². The third-order valence-corrected chi connectivity index (χ3v) is 7.99. The molecule has 3 fully saturated rings. The lowest BCUT2D eigenvalue weighted by Crippen LogP contribution is -2.46. The summed E-state index contributed by atoms with van der Waals surface area (Å²) < 4.78 is 27.7. The molecule has 2 aliphatic carbocycles. The van der Waals surface area contributed by atoms with Gasteiger partial charge in [0.25, 0.3) is 5.91 Å². The molecule has 4 atom stereocenters. The molecule has 2 saturated carbocycles. The molecule has 1 amide bonds. The molecule has 0 unspecified atom stereocenters. The number of aliphatic hydroxyl groups is 1. The van der Waals surface area contributed by atoms with Gasteiger partial charge in [-0.15, -0.1) is 0 Å². The molecule has 6 nitrogen and oxygen atoms in total. The van der Waals surface area contributed by atoms with Crippen molar-refractivity contribution in [3.8, 4) is 0 Å². The van der Waals surface area contributed by atoms with Crippen molar-refractivity contribution in [2.24, 2.45) is 11.8 Å². The Morgan fingerprint density at radius 1 is 1.18 bits per heavy atom. The fraction of sp³-hybridized carbons (Fsp3) is 0.667. The van der Waals surface area contributed by atoms with E-state index >= 15 is 0 Å². The van der Waals surface area contributed by atoms with Crippen LogP contribution in [0.1, 0.15) is 62.2 Å². The predicted molar refractivity (Wildman–Crippen MR) is 106 cm³/mol. The quantitative estimate of drug-likeness (QED) is 0.787. The summed E-state index contributed by atoms with van der Waals surface area (Å²) >= 11 is 0. The van der Waals surface area contributed by atoms with Gasteiger partial charge in [0, 0.05) is 30.1 Å². The van der Waals surface area contributed by atoms with Crippen molar-refractivity contribution in [1.82, 2.24) is 9.62 Å². The van der Waals surface area contributed by atoms with Crippen LogP contribution >= 0.6 is 0 Å². The van der Waals surface area contributed by atoms with Crippen LogP contribution in [-0.4, -0.2) is 49.1 Å². The lowest BCUT2D eigenvalue weighted by molar-refractivity contribution is 0.00859. The van der Waals surface area contributed by atoms with Crippen molar-refractivity contribution in [3.05, 3.63) is 29.8 Å². The standard InChI is InChI=1S/C21H30N2O4S/c1-14-7-10-20(24)18(12-14)19-6-3-11-23(19)21(25)15-4-2-5-17(13-15)28(26,27)22-16-8-9-16/h2,4-5,13-14,16,18-20,22,24H,3,6-12H2,1H3/t14-,18+,19+,20+/m1/s1. The molecular weight excluding hydrogens is 376 g/mol. The van der Waals surface area contributed by atoms with Gasteiger partial charge in [0.2, 0.25) is 10.0 Å². The van der Waals surface area contributed by atoms with Gasteiger partial charge in [-0.1, -0.05) is 13.0 Å². The molecule has 154 valence electrons. The topological polar surface area (TPSA) is 86.7 Å². The number of carbonyl (C=O) groups excluding carboxylic acids is 1. The molecule has 0 aromatic heterocycles. The van der Waals surface area contributed by atoms with E-state index in [0.29, 0.717) is 18.0 Å². The molecule has 1 aliphatic heterocycles. The van der Waals surface area contributed by atoms with Crippen molar-refractivity contribution >= 4 is 15.9 Å². The van der Waals surface area contributed by atoms with E-state index in [1.54, 1.807) is 12.1 Å². The van der Waals surface area contributed by atoms with Gasteiger partial charge in [-0.05, 0) is 69.1 Å². The van der Waals surface area contributed by atoms with Crippen LogP contribution in [0.5, 0.6) is 0 Å². The normalized spacial score (nSPS) is 31.1. The highest BCUT2D eigenvalue weighted by molar-refractivity contribution is 7.89. The zero-order valence-electron chi connectivity index (χ0n) is 16.4. The van der Waals surface area contributed by atoms with E-state index in [1.807, 2.05) is 4.90 Å². The second-order valence-corrected chi connectivity index (χ2v) is 10.5. The fourth-order valence-electron chi connectivity index (χ4n) is 4.76. The third kappa shape index (κ3) is 4.11. The summed E-state index contributed by atoms with van der Waals surface area (Å²) in [4.78, 5) is 15.2. The summed E-state index contributed by atoms with van der Waals surface area (Å²) in [7, 11) is -3.59. The largest absolute Gasteiger partial charge is 0.393 e. The van der Waals surface area contributed by atoms with Crippen LogP contribution in [0.25, 0.3) is 0 Å². The Kier molecular flexibility index (Phi) is 5.51. The van der Waals surface area contributed by atoms with Crippen molar-refractivity contribution in [3.63, 3.8) is 0 Å². The molecule has 0 radical (unpaired) electrons. The average molecular weight is 407 g/mol. The molecule has 1 saturated heterocycles. The Labute approximate surface area is 167 Å². The number of likely N-dealkylation sites (tertiary alicyclic amines) is 1. The molecule has 4 rings (SSSR count). The SMILES string of the molecule is C[C@@H]1CC[C@H](O)[C@H]([C@@H]2CCCN2C(=O)c2cccc(S(=O)(=O)NC3CC3)c2)C1. The third-order valence-electron chi connectivity index (χ3n) is 6.47. The lowest BCUT2D eigenvalue weighted by atomic mass is 9.76. The van der Waals surface area contributed by atoms with Crippen molar-refractivity contribution < 1.29 is 18.3 Å². The molecule has 3 aliphatic rings. The number of nitrogens with zero attached hydrogens (tertiary/aromatic N) is 1. The Bertz CT molecular complexity index is 837. The zero-order valence-corrected chi connectivity index (χ0v) is 17.2. The molecule has 1 aromatic rings. The Hall–Kier alpha value is -1.44. The van der Waals surface area contributed by atoms with Gasteiger partial charge in [-0.25, -0.2) is 13.1 Å². The first-order valence-corrected chi connectivity index (χ1v) is 11.9. The summed E-state index contributed by atoms with van der Waals surface area (Å²) in [6, 6.07) is 6.42. The summed E-state index contributed by atoms with van der Waals surface area (Å²) in [6.45, 7) is 2.87. The summed E-state index contributed by atoms with van der Waals surface area (Å²) in [6.07, 6.45) is 5.98. The van der Waals surface area contributed by atoms with E-state index in [0.717, 1.165) is 44.9 Å². The number of amides is 1. The number of hydrogen-bond donors (Lipinski definition) is 2. The molecule has 2 N–H and O–H groups in total. The van der Waals surface area contributed by atoms with E-state index in [1.165, 1.54) is 12.1 Å². The van der Waals surface area contributed by atoms with Crippen LogP contribution in [0.2, 0.25) is 0 Å². The molecule has 7 heteroatoms. The van der Waals surface area contributed by atoms with Gasteiger partial charge < -0.3 is 10.0 Å². The van der Waals surface area contributed by atoms with Gasteiger partial charge >= 0.3 is 0 Å². The highest BCUT2D eigenvalue weighted by Gasteiger charge is 2.40. The van der Waals surface area contributed by atoms with Crippen molar-refractivity contribution in [1.29, 1.82) is 0 Å². The number of rotatable bonds is 5. The summed E-state index contributed by atoms with van der Waals surface area (Å²) in [5, 5.41) is 10.5. The second-order valence-electron chi connectivity index (χ2n) is 8.78. The summed E-state index contributed by atoms with van der Waals surface area (Å²) in [5.74, 6) is 0.544. The van der Waals surface area contributed by atoms with E-state index < -0.39 is 10.0 Å². The second kappa shape index (κ2) is 7.76. The molecule has 0 bridgehead atoms. The van der Waals surface area contributed by atoms with Crippen LogP contribution in [0.15, 0.2) is 29.2 Å². The molecule has 1 aromatic carbocycles. The van der Waals surface area contributed by atoms with E-state index in [-0.39, 0.29) is 34.9 Å². The first-order chi connectivity index (χ1) is 13.3. The first-order valence-electron chi connectivity index (χ1n) is 10.5. The number of carbonyl (C=O) groups is 1. The van der Waals surface area contributed by atoms with Crippen LogP contribution < -0.4 is 4.72 Å². The first kappa shape index (κ1) is 19.9. The maximum atomic E-state index is 13.2. The lowest BCUT2D eigenvalue weighted by Gasteiger charge is -2.39. The zero-order chi connectivity index (χ0) is 19.9. The van der Waals surface area contributed by atoms with Crippen LogP contribution in [0, 0.1) is 11.8 Å². The molecule has 28 heavy (non-hydrogen) atoms. The number of hydrogen-bond acceptors (Lipinski definition) is 4. The van der Waals surface area contributed by atoms with Gasteiger partial charge in [0.1, 0.15) is 0 Å². The molecular formula is C21H30N2O4S. The number of benzene rings is 1. The maximum Gasteiger partial charge on any atom is 0.254 e. The predicted octanol–water partition coefficient (Wildman–Crippen LogP) is 2.53. The highest BCUT2D eigenvalue weighted by atomic mass is 32.2. The van der Waals surface area contributed by atoms with Crippen LogP contribution in [-0.2, 0) is 10.0 Å². The Balaban J connectivity index is 1.54. The minimum absolute atomic E-state index is 0.0297. The minimum atomic E-state index is -3.59. The maximum absolute atomic E-state index is 13.2. The number of nitrogens with one attached hydrogen (secondary N) is 1. The monoisotopic (exact) mass is 406 g/mol. The number of sulfonamides is 1. The Morgan fingerprint density at radius 2 is 1.96 bits per heavy atom. The van der Waals surface area contributed by atoms with E-state index in [2.05, 4.69) is 11.6 Å². The summed E-state index contributed by atoms with van der Waals surface area (Å²) in [5.41, 5.74) is 0.406. The smallest absolute Gasteiger partial charge is 0.254 e.